The topological polar surface area (TPSA) is 52.6 Å². The minimum Gasteiger partial charge on any atom is -0.496 e. The van der Waals surface area contributed by atoms with Crippen LogP contribution in [0, 0.1) is 5.92 Å². The zero-order valence-electron chi connectivity index (χ0n) is 12.0. The van der Waals surface area contributed by atoms with E-state index in [4.69, 9.17) is 4.74 Å². The summed E-state index contributed by atoms with van der Waals surface area (Å²) < 4.78 is 9.86. The van der Waals surface area contributed by atoms with Crippen LogP contribution in [0.15, 0.2) is 18.2 Å². The second-order valence-corrected chi connectivity index (χ2v) is 4.72. The van der Waals surface area contributed by atoms with E-state index in [1.165, 1.54) is 7.11 Å². The molecule has 0 bridgehead atoms. The van der Waals surface area contributed by atoms with Gasteiger partial charge >= 0.3 is 5.97 Å². The van der Waals surface area contributed by atoms with Crippen molar-refractivity contribution in [2.45, 2.75) is 26.7 Å². The fourth-order valence-corrected chi connectivity index (χ4v) is 1.87. The molecule has 0 aromatic heterocycles. The summed E-state index contributed by atoms with van der Waals surface area (Å²) >= 11 is 0. The molecule has 4 nitrogen and oxygen atoms in total. The molecule has 0 fully saturated rings. The van der Waals surface area contributed by atoms with Gasteiger partial charge in [-0.1, -0.05) is 13.8 Å². The minimum absolute atomic E-state index is 0.233. The molecule has 4 heteroatoms. The third kappa shape index (κ3) is 3.34. The standard InChI is InChI=1S/C15H20O4/c1-9(2)12-8-11(6-7-13(12)18-4)14(16)10(3)15(17)19-5/h6-10H,1-5H3. The zero-order chi connectivity index (χ0) is 14.6. The molecule has 1 unspecified atom stereocenters. The molecule has 1 rings (SSSR count). The number of benzene rings is 1. The Morgan fingerprint density at radius 3 is 2.21 bits per heavy atom. The third-order valence-corrected chi connectivity index (χ3v) is 3.08. The first kappa shape index (κ1) is 15.2. The molecule has 0 aliphatic carbocycles. The van der Waals surface area contributed by atoms with Crippen molar-refractivity contribution in [1.82, 2.24) is 0 Å². The lowest BCUT2D eigenvalue weighted by molar-refractivity contribution is -0.143. The van der Waals surface area contributed by atoms with Crippen LogP contribution in [0.25, 0.3) is 0 Å². The molecule has 0 aliphatic rings. The molecule has 19 heavy (non-hydrogen) atoms. The van der Waals surface area contributed by atoms with Crippen LogP contribution < -0.4 is 4.74 Å². The highest BCUT2D eigenvalue weighted by Crippen LogP contribution is 2.28. The van der Waals surface area contributed by atoms with Crippen LogP contribution in [-0.2, 0) is 9.53 Å². The summed E-state index contributed by atoms with van der Waals surface area (Å²) in [6.07, 6.45) is 0. The lowest BCUT2D eigenvalue weighted by Gasteiger charge is -2.14. The number of ketones is 1. The number of hydrogen-bond donors (Lipinski definition) is 0. The van der Waals surface area contributed by atoms with Gasteiger partial charge in [0.25, 0.3) is 0 Å². The predicted molar refractivity (Wildman–Crippen MR) is 72.6 cm³/mol. The Bertz CT molecular complexity index is 477. The maximum atomic E-state index is 12.2. The highest BCUT2D eigenvalue weighted by Gasteiger charge is 2.24. The van der Waals surface area contributed by atoms with Crippen molar-refractivity contribution < 1.29 is 19.1 Å². The molecule has 0 radical (unpaired) electrons. The lowest BCUT2D eigenvalue weighted by Crippen LogP contribution is -2.22. The van der Waals surface area contributed by atoms with Crippen LogP contribution in [0.5, 0.6) is 5.75 Å². The molecule has 0 N–H and O–H groups in total. The first-order valence-electron chi connectivity index (χ1n) is 6.22. The fourth-order valence-electron chi connectivity index (χ4n) is 1.87. The molecule has 1 aromatic rings. The Morgan fingerprint density at radius 2 is 1.74 bits per heavy atom. The maximum absolute atomic E-state index is 12.2. The quantitative estimate of drug-likeness (QED) is 0.466. The molecule has 1 aromatic carbocycles. The summed E-state index contributed by atoms with van der Waals surface area (Å²) in [4.78, 5) is 23.6. The van der Waals surface area contributed by atoms with Crippen molar-refractivity contribution in [1.29, 1.82) is 0 Å². The Labute approximate surface area is 113 Å². The molecule has 0 saturated heterocycles. The molecule has 0 spiro atoms. The van der Waals surface area contributed by atoms with Crippen molar-refractivity contribution in [3.05, 3.63) is 29.3 Å². The second kappa shape index (κ2) is 6.36. The fraction of sp³-hybridized carbons (Fsp3) is 0.467. The van der Waals surface area contributed by atoms with Crippen LogP contribution in [-0.4, -0.2) is 26.0 Å². The molecule has 0 amide bonds. The van der Waals surface area contributed by atoms with Gasteiger partial charge in [-0.05, 0) is 36.6 Å². The van der Waals surface area contributed by atoms with Gasteiger partial charge in [-0.25, -0.2) is 0 Å². The van der Waals surface area contributed by atoms with E-state index in [0.29, 0.717) is 5.56 Å². The van der Waals surface area contributed by atoms with Crippen LogP contribution in [0.1, 0.15) is 42.6 Å². The third-order valence-electron chi connectivity index (χ3n) is 3.08. The van der Waals surface area contributed by atoms with E-state index in [0.717, 1.165) is 11.3 Å². The minimum atomic E-state index is -0.793. The van der Waals surface area contributed by atoms with Gasteiger partial charge in [0.2, 0.25) is 0 Å². The average Bonchev–Trinajstić information content (AvgIpc) is 2.43. The summed E-state index contributed by atoms with van der Waals surface area (Å²) in [7, 11) is 2.87. The summed E-state index contributed by atoms with van der Waals surface area (Å²) in [6, 6.07) is 5.21. The molecular weight excluding hydrogens is 244 g/mol. The van der Waals surface area contributed by atoms with Crippen molar-refractivity contribution in [2.75, 3.05) is 14.2 Å². The largest absolute Gasteiger partial charge is 0.496 e. The van der Waals surface area contributed by atoms with Gasteiger partial charge in [-0.2, -0.15) is 0 Å². The van der Waals surface area contributed by atoms with E-state index in [1.807, 2.05) is 13.8 Å². The average molecular weight is 264 g/mol. The van der Waals surface area contributed by atoms with E-state index < -0.39 is 11.9 Å². The highest BCUT2D eigenvalue weighted by molar-refractivity contribution is 6.08. The van der Waals surface area contributed by atoms with Crippen molar-refractivity contribution in [3.63, 3.8) is 0 Å². The lowest BCUT2D eigenvalue weighted by atomic mass is 9.94. The predicted octanol–water partition coefficient (Wildman–Crippen LogP) is 2.81. The van der Waals surface area contributed by atoms with E-state index in [-0.39, 0.29) is 11.7 Å². The summed E-state index contributed by atoms with van der Waals surface area (Å²) in [5.74, 6) is -0.574. The van der Waals surface area contributed by atoms with Crippen LogP contribution in [0.2, 0.25) is 0 Å². The SMILES string of the molecule is COC(=O)C(C)C(=O)c1ccc(OC)c(C(C)C)c1. The first-order valence-corrected chi connectivity index (χ1v) is 6.22. The monoisotopic (exact) mass is 264 g/mol. The molecule has 1 atom stereocenters. The highest BCUT2D eigenvalue weighted by atomic mass is 16.5. The number of Topliss-reactive ketones (excluding diaryl/α,β-unsaturated/α-hetero) is 1. The van der Waals surface area contributed by atoms with Gasteiger partial charge in [0.05, 0.1) is 14.2 Å². The smallest absolute Gasteiger partial charge is 0.316 e. The number of rotatable bonds is 5. The molecule has 0 heterocycles. The number of hydrogen-bond acceptors (Lipinski definition) is 4. The second-order valence-electron chi connectivity index (χ2n) is 4.72. The Kier molecular flexibility index (Phi) is 5.10. The number of carbonyl (C=O) groups is 2. The molecule has 0 saturated carbocycles. The van der Waals surface area contributed by atoms with Gasteiger partial charge < -0.3 is 9.47 Å². The van der Waals surface area contributed by atoms with E-state index >= 15 is 0 Å². The Hall–Kier alpha value is -1.84. The molecule has 0 aliphatic heterocycles. The zero-order valence-corrected chi connectivity index (χ0v) is 12.0. The first-order chi connectivity index (χ1) is 8.92. The van der Waals surface area contributed by atoms with E-state index in [1.54, 1.807) is 32.2 Å². The van der Waals surface area contributed by atoms with Gasteiger partial charge in [0.1, 0.15) is 11.7 Å². The van der Waals surface area contributed by atoms with Crippen LogP contribution in [0.4, 0.5) is 0 Å². The van der Waals surface area contributed by atoms with Gasteiger partial charge in [0, 0.05) is 5.56 Å². The van der Waals surface area contributed by atoms with E-state index in [9.17, 15) is 9.59 Å². The maximum Gasteiger partial charge on any atom is 0.316 e. The number of esters is 1. The normalized spacial score (nSPS) is 12.1. The van der Waals surface area contributed by atoms with Crippen molar-refractivity contribution >= 4 is 11.8 Å². The van der Waals surface area contributed by atoms with Crippen molar-refractivity contribution in [2.24, 2.45) is 5.92 Å². The van der Waals surface area contributed by atoms with Gasteiger partial charge in [0.15, 0.2) is 5.78 Å². The van der Waals surface area contributed by atoms with Gasteiger partial charge in [-0.3, -0.25) is 9.59 Å². The van der Waals surface area contributed by atoms with Crippen molar-refractivity contribution in [3.8, 4) is 5.75 Å². The number of methoxy groups -OCH3 is 2. The molecule has 104 valence electrons. The molecular formula is C15H20O4. The van der Waals surface area contributed by atoms with E-state index in [2.05, 4.69) is 4.74 Å². The number of ether oxygens (including phenoxy) is 2. The summed E-state index contributed by atoms with van der Waals surface area (Å²) in [5.41, 5.74) is 1.45. The Balaban J connectivity index is 3.12. The number of carbonyl (C=O) groups excluding carboxylic acids is 2. The van der Waals surface area contributed by atoms with Crippen LogP contribution >= 0.6 is 0 Å². The Morgan fingerprint density at radius 1 is 1.11 bits per heavy atom. The van der Waals surface area contributed by atoms with Crippen LogP contribution in [0.3, 0.4) is 0 Å². The van der Waals surface area contributed by atoms with Gasteiger partial charge in [-0.15, -0.1) is 0 Å². The summed E-state index contributed by atoms with van der Waals surface area (Å²) in [6.45, 7) is 5.60. The summed E-state index contributed by atoms with van der Waals surface area (Å²) in [5, 5.41) is 0.